The quantitative estimate of drug-likeness (QED) is 0.497. The molecule has 0 aliphatic carbocycles. The van der Waals surface area contributed by atoms with Crippen LogP contribution in [0.5, 0.6) is 0 Å². The number of hydrogen-bond acceptors (Lipinski definition) is 4. The van der Waals surface area contributed by atoms with Crippen LogP contribution in [-0.2, 0) is 19.6 Å². The number of hydrogen-bond donors (Lipinski definition) is 0. The maximum atomic E-state index is 5.68. The molecule has 0 rings (SSSR count). The van der Waals surface area contributed by atoms with Crippen LogP contribution in [0.3, 0.4) is 0 Å². The van der Waals surface area contributed by atoms with Gasteiger partial charge in [0.1, 0.15) is 11.2 Å². The Kier molecular flexibility index (Phi) is 6.68. The maximum absolute atomic E-state index is 5.68. The van der Waals surface area contributed by atoms with Crippen LogP contribution in [0.15, 0.2) is 0 Å². The highest BCUT2D eigenvalue weighted by atomic mass is 17.2. The first-order valence-electron chi connectivity index (χ1n) is 7.42. The van der Waals surface area contributed by atoms with Crippen LogP contribution >= 0.6 is 0 Å². The van der Waals surface area contributed by atoms with Gasteiger partial charge in [0.2, 0.25) is 0 Å². The predicted molar refractivity (Wildman–Crippen MR) is 81.2 cm³/mol. The molecule has 0 radical (unpaired) electrons. The van der Waals surface area contributed by atoms with Gasteiger partial charge in [0.05, 0.1) is 11.2 Å². The Morgan fingerprint density at radius 3 is 1.35 bits per heavy atom. The van der Waals surface area contributed by atoms with Gasteiger partial charge in [0.15, 0.2) is 0 Å². The first-order chi connectivity index (χ1) is 8.68. The van der Waals surface area contributed by atoms with E-state index in [1.54, 1.807) is 0 Å². The van der Waals surface area contributed by atoms with Crippen molar-refractivity contribution in [3.63, 3.8) is 0 Å². The Bertz CT molecular complexity index is 286. The van der Waals surface area contributed by atoms with Gasteiger partial charge in [0.25, 0.3) is 0 Å². The van der Waals surface area contributed by atoms with E-state index >= 15 is 0 Å². The molecular formula is C16H34O4. The summed E-state index contributed by atoms with van der Waals surface area (Å²) in [4.78, 5) is 22.2. The molecule has 0 amide bonds. The summed E-state index contributed by atoms with van der Waals surface area (Å²) in [7, 11) is 0. The molecule has 4 nitrogen and oxygen atoms in total. The molecule has 1 unspecified atom stereocenters. The van der Waals surface area contributed by atoms with Gasteiger partial charge in [-0.15, -0.1) is 0 Å². The lowest BCUT2D eigenvalue weighted by Gasteiger charge is -2.37. The molecule has 0 aliphatic rings. The van der Waals surface area contributed by atoms with E-state index in [9.17, 15) is 0 Å². The zero-order valence-electron chi connectivity index (χ0n) is 15.0. The molecule has 20 heavy (non-hydrogen) atoms. The van der Waals surface area contributed by atoms with Gasteiger partial charge in [-0.05, 0) is 68.7 Å². The van der Waals surface area contributed by atoms with Crippen LogP contribution in [-0.4, -0.2) is 22.4 Å². The van der Waals surface area contributed by atoms with E-state index in [1.807, 2.05) is 62.3 Å². The third kappa shape index (κ3) is 9.70. The summed E-state index contributed by atoms with van der Waals surface area (Å²) in [6.07, 6.45) is 1.49. The van der Waals surface area contributed by atoms with Gasteiger partial charge in [0, 0.05) is 6.42 Å². The summed E-state index contributed by atoms with van der Waals surface area (Å²) in [6, 6.07) is 0. The smallest absolute Gasteiger partial charge is 0.103 e. The van der Waals surface area contributed by atoms with E-state index in [0.717, 1.165) is 6.42 Å². The Morgan fingerprint density at radius 2 is 1.00 bits per heavy atom. The van der Waals surface area contributed by atoms with Crippen molar-refractivity contribution in [3.8, 4) is 0 Å². The third-order valence-electron chi connectivity index (χ3n) is 2.56. The van der Waals surface area contributed by atoms with Crippen molar-refractivity contribution in [2.75, 3.05) is 0 Å². The zero-order chi connectivity index (χ0) is 16.2. The molecule has 0 bridgehead atoms. The van der Waals surface area contributed by atoms with E-state index in [2.05, 4.69) is 6.92 Å². The summed E-state index contributed by atoms with van der Waals surface area (Å²) in [6.45, 7) is 19.9. The highest BCUT2D eigenvalue weighted by Crippen LogP contribution is 2.32. The lowest BCUT2D eigenvalue weighted by molar-refractivity contribution is -0.430. The molecule has 0 aliphatic heterocycles. The fourth-order valence-corrected chi connectivity index (χ4v) is 1.61. The van der Waals surface area contributed by atoms with E-state index in [1.165, 1.54) is 0 Å². The molecule has 122 valence electrons. The molecule has 0 aromatic heterocycles. The lowest BCUT2D eigenvalue weighted by Crippen LogP contribution is -2.42. The second-order valence-electron chi connectivity index (χ2n) is 8.30. The van der Waals surface area contributed by atoms with Crippen LogP contribution in [0.25, 0.3) is 0 Å². The maximum Gasteiger partial charge on any atom is 0.103 e. The lowest BCUT2D eigenvalue weighted by atomic mass is 9.89. The summed E-state index contributed by atoms with van der Waals surface area (Å²) in [5, 5.41) is 0. The molecule has 0 fully saturated rings. The van der Waals surface area contributed by atoms with E-state index < -0.39 is 11.2 Å². The Morgan fingerprint density at radius 1 is 0.600 bits per heavy atom. The van der Waals surface area contributed by atoms with Crippen molar-refractivity contribution >= 4 is 0 Å². The van der Waals surface area contributed by atoms with E-state index in [4.69, 9.17) is 19.6 Å². The van der Waals surface area contributed by atoms with E-state index in [-0.39, 0.29) is 11.2 Å². The van der Waals surface area contributed by atoms with Crippen LogP contribution in [0, 0.1) is 0 Å². The summed E-state index contributed by atoms with van der Waals surface area (Å²) < 4.78 is 0. The van der Waals surface area contributed by atoms with Gasteiger partial charge < -0.3 is 0 Å². The fraction of sp³-hybridized carbons (Fsp3) is 1.00. The minimum Gasteiger partial charge on any atom is -0.230 e. The first kappa shape index (κ1) is 19.8. The van der Waals surface area contributed by atoms with Gasteiger partial charge in [-0.1, -0.05) is 6.92 Å². The molecule has 0 N–H and O–H groups in total. The van der Waals surface area contributed by atoms with Gasteiger partial charge in [-0.2, -0.15) is 0 Å². The normalized spacial score (nSPS) is 17.1. The van der Waals surface area contributed by atoms with Crippen LogP contribution < -0.4 is 0 Å². The number of rotatable bonds is 7. The molecular weight excluding hydrogens is 256 g/mol. The average Bonchev–Trinajstić information content (AvgIpc) is 2.22. The fourth-order valence-electron chi connectivity index (χ4n) is 1.61. The van der Waals surface area contributed by atoms with Gasteiger partial charge in [-0.3, -0.25) is 0 Å². The van der Waals surface area contributed by atoms with Crippen molar-refractivity contribution in [1.82, 2.24) is 0 Å². The van der Waals surface area contributed by atoms with Crippen LogP contribution in [0.1, 0.15) is 82.1 Å². The SMILES string of the molecule is CCC(C)(CC(C)(C)OOC(C)(C)C)OOC(C)(C)C. The van der Waals surface area contributed by atoms with E-state index in [0.29, 0.717) is 6.42 Å². The second-order valence-corrected chi connectivity index (χ2v) is 8.30. The summed E-state index contributed by atoms with van der Waals surface area (Å²) in [5.74, 6) is 0. The molecule has 0 spiro atoms. The predicted octanol–water partition coefficient (Wildman–Crippen LogP) is 4.82. The Hall–Kier alpha value is -0.160. The van der Waals surface area contributed by atoms with Gasteiger partial charge in [-0.25, -0.2) is 19.6 Å². The largest absolute Gasteiger partial charge is 0.230 e. The Balaban J connectivity index is 4.58. The second kappa shape index (κ2) is 6.73. The molecule has 0 aromatic carbocycles. The molecule has 0 aromatic rings. The highest BCUT2D eigenvalue weighted by Gasteiger charge is 2.36. The van der Waals surface area contributed by atoms with Crippen LogP contribution in [0.4, 0.5) is 0 Å². The zero-order valence-corrected chi connectivity index (χ0v) is 15.0. The molecule has 4 heteroatoms. The monoisotopic (exact) mass is 290 g/mol. The minimum absolute atomic E-state index is 0.330. The third-order valence-corrected chi connectivity index (χ3v) is 2.56. The van der Waals surface area contributed by atoms with Crippen molar-refractivity contribution in [2.45, 2.75) is 104 Å². The first-order valence-corrected chi connectivity index (χ1v) is 7.42. The minimum atomic E-state index is -0.459. The van der Waals surface area contributed by atoms with Crippen molar-refractivity contribution in [1.29, 1.82) is 0 Å². The van der Waals surface area contributed by atoms with Crippen molar-refractivity contribution in [3.05, 3.63) is 0 Å². The average molecular weight is 290 g/mol. The summed E-state index contributed by atoms with van der Waals surface area (Å²) >= 11 is 0. The molecule has 0 saturated heterocycles. The van der Waals surface area contributed by atoms with Gasteiger partial charge >= 0.3 is 0 Å². The standard InChI is InChI=1S/C16H34O4/c1-11-16(10,20-18-14(5,6)7)12-15(8,9)19-17-13(2,3)4/h11-12H2,1-10H3. The topological polar surface area (TPSA) is 36.9 Å². The summed E-state index contributed by atoms with van der Waals surface area (Å²) in [5.41, 5.74) is -1.54. The van der Waals surface area contributed by atoms with Crippen molar-refractivity contribution < 1.29 is 19.6 Å². The van der Waals surface area contributed by atoms with Crippen molar-refractivity contribution in [2.24, 2.45) is 0 Å². The van der Waals surface area contributed by atoms with Crippen LogP contribution in [0.2, 0.25) is 0 Å². The highest BCUT2D eigenvalue weighted by molar-refractivity contribution is 4.82. The molecule has 0 heterocycles. The Labute approximate surface area is 125 Å². The molecule has 0 saturated carbocycles. The molecule has 1 atom stereocenters.